The average molecular weight is 836 g/mol. The van der Waals surface area contributed by atoms with E-state index in [1.165, 1.54) is 23.1 Å². The van der Waals surface area contributed by atoms with E-state index in [0.717, 1.165) is 6.42 Å². The molecular formula is C40H46FN7O10S. The lowest BCUT2D eigenvalue weighted by Gasteiger charge is -2.30. The molecule has 1 saturated heterocycles. The Labute approximate surface area is 338 Å². The minimum absolute atomic E-state index is 0.0696. The van der Waals surface area contributed by atoms with Crippen molar-refractivity contribution in [3.05, 3.63) is 48.0 Å². The Kier molecular flexibility index (Phi) is 10.4. The molecule has 3 aromatic heterocycles. The van der Waals surface area contributed by atoms with Gasteiger partial charge in [0, 0.05) is 23.8 Å². The number of hydrogen-bond donors (Lipinski definition) is 3. The summed E-state index contributed by atoms with van der Waals surface area (Å²) in [5.74, 6) is -2.65. The summed E-state index contributed by atoms with van der Waals surface area (Å²) < 4.78 is 65.8. The molecule has 1 aromatic carbocycles. The zero-order chi connectivity index (χ0) is 41.9. The van der Waals surface area contributed by atoms with Crippen molar-refractivity contribution >= 4 is 55.9 Å². The van der Waals surface area contributed by atoms with Crippen LogP contribution in [0.4, 0.5) is 9.18 Å². The average Bonchev–Trinajstić information content (AvgIpc) is 4.00. The summed E-state index contributed by atoms with van der Waals surface area (Å²) in [6, 6.07) is 3.24. The highest BCUT2D eigenvalue weighted by atomic mass is 32.2. The van der Waals surface area contributed by atoms with E-state index in [1.54, 1.807) is 33.8 Å². The largest absolute Gasteiger partial charge is 0.470 e. The van der Waals surface area contributed by atoms with E-state index in [0.29, 0.717) is 48.8 Å². The summed E-state index contributed by atoms with van der Waals surface area (Å²) in [4.78, 5) is 66.6. The predicted octanol–water partition coefficient (Wildman–Crippen LogP) is 4.72. The van der Waals surface area contributed by atoms with Gasteiger partial charge in [-0.2, -0.15) is 4.98 Å². The van der Waals surface area contributed by atoms with E-state index in [4.69, 9.17) is 18.4 Å². The summed E-state index contributed by atoms with van der Waals surface area (Å²) in [5, 5.41) is 9.27. The van der Waals surface area contributed by atoms with Crippen molar-refractivity contribution in [1.82, 2.24) is 35.4 Å². The van der Waals surface area contributed by atoms with Crippen LogP contribution in [0.2, 0.25) is 0 Å². The quantitative estimate of drug-likeness (QED) is 0.215. The molecule has 0 bridgehead atoms. The number of nitrogens with one attached hydrogen (secondary N) is 3. The molecule has 2 aliphatic carbocycles. The maximum atomic E-state index is 14.6. The molecule has 59 heavy (non-hydrogen) atoms. The summed E-state index contributed by atoms with van der Waals surface area (Å²) in [6.07, 6.45) is 5.87. The first kappa shape index (κ1) is 40.2. The van der Waals surface area contributed by atoms with Crippen molar-refractivity contribution < 1.29 is 50.4 Å². The number of furan rings is 1. The molecule has 314 valence electrons. The number of carbonyl (C=O) groups is 4. The van der Waals surface area contributed by atoms with E-state index in [1.807, 2.05) is 12.2 Å². The van der Waals surface area contributed by atoms with Gasteiger partial charge < -0.3 is 33.9 Å². The third-order valence-electron chi connectivity index (χ3n) is 10.9. The molecule has 17 nitrogen and oxygen atoms in total. The highest BCUT2D eigenvalue weighted by Crippen LogP contribution is 2.46. The number of rotatable bonds is 7. The summed E-state index contributed by atoms with van der Waals surface area (Å²) in [7, 11) is -3.95. The highest BCUT2D eigenvalue weighted by molar-refractivity contribution is 7.91. The zero-order valence-corrected chi connectivity index (χ0v) is 33.9. The van der Waals surface area contributed by atoms with Crippen molar-refractivity contribution in [3.8, 4) is 17.4 Å². The first-order chi connectivity index (χ1) is 28.0. The van der Waals surface area contributed by atoms with Crippen LogP contribution < -0.4 is 20.1 Å². The number of halogens is 1. The van der Waals surface area contributed by atoms with Crippen molar-refractivity contribution in [2.45, 2.75) is 120 Å². The van der Waals surface area contributed by atoms with Crippen LogP contribution >= 0.6 is 0 Å². The molecule has 3 fully saturated rings. The lowest BCUT2D eigenvalue weighted by Crippen LogP contribution is -2.58. The Hall–Kier alpha value is -5.59. The Morgan fingerprint density at radius 1 is 1.08 bits per heavy atom. The SMILES string of the molecule is Cc1cc(-c2nc(O[C@@H]3C[C@H]4C(=O)N[C@]5(C(=O)NS(=O)(=O)C6CC6)C[C@H]5/C=C\CCCCC[C@H](NC(=O)OC(C)(C)C)C(=O)N4C3)c3oc4ccc(F)cc4c3n2)no1. The molecule has 4 amide bonds. The van der Waals surface area contributed by atoms with Crippen LogP contribution in [-0.2, 0) is 29.1 Å². The summed E-state index contributed by atoms with van der Waals surface area (Å²) in [5.41, 5.74) is -1.55. The number of alkyl carbamates (subject to hydrolysis) is 1. The van der Waals surface area contributed by atoms with Crippen LogP contribution in [-0.4, -0.2) is 93.4 Å². The van der Waals surface area contributed by atoms with Gasteiger partial charge in [-0.3, -0.25) is 19.1 Å². The molecule has 4 aromatic rings. The predicted molar refractivity (Wildman–Crippen MR) is 208 cm³/mol. The van der Waals surface area contributed by atoms with Gasteiger partial charge in [0.2, 0.25) is 27.4 Å². The van der Waals surface area contributed by atoms with E-state index in [9.17, 15) is 32.0 Å². The third kappa shape index (κ3) is 8.47. The van der Waals surface area contributed by atoms with Gasteiger partial charge in [-0.05, 0) is 84.4 Å². The van der Waals surface area contributed by atoms with Crippen molar-refractivity contribution in [1.29, 1.82) is 0 Å². The number of fused-ring (bicyclic) bond motifs is 5. The second-order valence-electron chi connectivity index (χ2n) is 16.8. The molecule has 2 saturated carbocycles. The first-order valence-electron chi connectivity index (χ1n) is 19.8. The van der Waals surface area contributed by atoms with E-state index >= 15 is 0 Å². The molecule has 19 heteroatoms. The maximum Gasteiger partial charge on any atom is 0.408 e. The third-order valence-corrected chi connectivity index (χ3v) is 12.7. The maximum absolute atomic E-state index is 14.6. The molecule has 2 aliphatic heterocycles. The molecule has 0 radical (unpaired) electrons. The van der Waals surface area contributed by atoms with Crippen molar-refractivity contribution in [3.63, 3.8) is 0 Å². The van der Waals surface area contributed by atoms with Gasteiger partial charge in [-0.25, -0.2) is 22.6 Å². The van der Waals surface area contributed by atoms with Gasteiger partial charge in [-0.1, -0.05) is 30.2 Å². The number of benzene rings is 1. The molecule has 0 unspecified atom stereocenters. The van der Waals surface area contributed by atoms with Crippen LogP contribution in [0.15, 0.2) is 45.4 Å². The normalized spacial score (nSPS) is 25.9. The first-order valence-corrected chi connectivity index (χ1v) is 21.4. The molecule has 8 rings (SSSR count). The Morgan fingerprint density at radius 3 is 2.61 bits per heavy atom. The van der Waals surface area contributed by atoms with Gasteiger partial charge in [0.05, 0.1) is 11.8 Å². The number of sulfonamides is 1. The second kappa shape index (κ2) is 15.2. The fraction of sp³-hybridized carbons (Fsp3) is 0.525. The minimum atomic E-state index is -3.95. The smallest absolute Gasteiger partial charge is 0.408 e. The van der Waals surface area contributed by atoms with Crippen molar-refractivity contribution in [2.75, 3.05) is 6.54 Å². The molecule has 4 aliphatic rings. The number of aryl methyl sites for hydroxylation is 1. The monoisotopic (exact) mass is 835 g/mol. The van der Waals surface area contributed by atoms with Crippen LogP contribution in [0.25, 0.3) is 33.6 Å². The van der Waals surface area contributed by atoms with E-state index in [-0.39, 0.29) is 54.3 Å². The van der Waals surface area contributed by atoms with E-state index in [2.05, 4.69) is 30.5 Å². The lowest BCUT2D eigenvalue weighted by molar-refractivity contribution is -0.141. The molecule has 0 spiro atoms. The van der Waals surface area contributed by atoms with Gasteiger partial charge in [0.25, 0.3) is 11.8 Å². The van der Waals surface area contributed by atoms with Crippen LogP contribution in [0.3, 0.4) is 0 Å². The summed E-state index contributed by atoms with van der Waals surface area (Å²) >= 11 is 0. The Morgan fingerprint density at radius 2 is 1.88 bits per heavy atom. The fourth-order valence-corrected chi connectivity index (χ4v) is 9.08. The second-order valence-corrected chi connectivity index (χ2v) is 18.7. The number of carbonyl (C=O) groups excluding carboxylic acids is 4. The number of hydrogen-bond acceptors (Lipinski definition) is 13. The summed E-state index contributed by atoms with van der Waals surface area (Å²) in [6.45, 7) is 6.63. The number of ether oxygens (including phenoxy) is 2. The van der Waals surface area contributed by atoms with E-state index < -0.39 is 80.2 Å². The van der Waals surface area contributed by atoms with Crippen LogP contribution in [0.1, 0.15) is 84.3 Å². The van der Waals surface area contributed by atoms with Crippen LogP contribution in [0.5, 0.6) is 5.88 Å². The van der Waals surface area contributed by atoms with Gasteiger partial charge in [0.15, 0.2) is 11.5 Å². The lowest BCUT2D eigenvalue weighted by atomic mass is 10.0. The fourth-order valence-electron chi connectivity index (χ4n) is 7.71. The standard InChI is InChI=1S/C40H46FN7O10S/c1-21-16-28(46-58-21)33-43-31-26-17-23(41)12-15-30(26)56-32(31)35(44-33)55-24-18-29-34(49)45-40(37(51)47-59(53,54)25-13-14-25)19-22(40)10-8-6-5-7-9-11-27(36(50)48(29)20-24)42-38(52)57-39(2,3)4/h8,10,12,15-17,22,24-25,27,29H,5-7,9,11,13-14,18-20H2,1-4H3,(H,42,52)(H,45,49)(H,47,51)/b10-8-/t22-,24-,27+,29+,40-/m1/s1. The highest BCUT2D eigenvalue weighted by Gasteiger charge is 2.62. The molecule has 3 N–H and O–H groups in total. The molecule has 5 heterocycles. The van der Waals surface area contributed by atoms with Gasteiger partial charge in [0.1, 0.15) is 52.0 Å². The Balaban J connectivity index is 1.15. The number of aromatic nitrogens is 3. The molecular weight excluding hydrogens is 790 g/mol. The number of amides is 4. The minimum Gasteiger partial charge on any atom is -0.470 e. The van der Waals surface area contributed by atoms with Gasteiger partial charge >= 0.3 is 6.09 Å². The van der Waals surface area contributed by atoms with Crippen LogP contribution in [0, 0.1) is 18.7 Å². The Bertz CT molecular complexity index is 2470. The zero-order valence-electron chi connectivity index (χ0n) is 33.1. The van der Waals surface area contributed by atoms with Gasteiger partial charge in [-0.15, -0.1) is 0 Å². The topological polar surface area (TPSA) is 225 Å². The number of nitrogens with zero attached hydrogens (tertiary/aromatic N) is 4. The molecule has 5 atom stereocenters. The number of allylic oxidation sites excluding steroid dienone is 1. The van der Waals surface area contributed by atoms with Crippen molar-refractivity contribution in [2.24, 2.45) is 5.92 Å².